The van der Waals surface area contributed by atoms with E-state index >= 15 is 0 Å². The minimum atomic E-state index is -0.167. The number of hydrogen-bond acceptors (Lipinski definition) is 4. The van der Waals surface area contributed by atoms with Crippen LogP contribution in [0.25, 0.3) is 0 Å². The highest BCUT2D eigenvalue weighted by molar-refractivity contribution is 5.79. The van der Waals surface area contributed by atoms with Gasteiger partial charge in [0.1, 0.15) is 0 Å². The first kappa shape index (κ1) is 22.5. The van der Waals surface area contributed by atoms with Gasteiger partial charge in [0.2, 0.25) is 11.8 Å². The van der Waals surface area contributed by atoms with Crippen LogP contribution < -0.4 is 10.9 Å². The number of nitrogens with one attached hydrogen (secondary N) is 2. The van der Waals surface area contributed by atoms with E-state index in [4.69, 9.17) is 0 Å². The molecule has 1 fully saturated rings. The molecule has 2 aromatic rings. The highest BCUT2D eigenvalue weighted by Crippen LogP contribution is 2.32. The van der Waals surface area contributed by atoms with E-state index < -0.39 is 0 Å². The van der Waals surface area contributed by atoms with Crippen molar-refractivity contribution in [1.82, 2.24) is 20.7 Å². The van der Waals surface area contributed by atoms with Crippen LogP contribution >= 0.6 is 0 Å². The molecule has 3 unspecified atom stereocenters. The summed E-state index contributed by atoms with van der Waals surface area (Å²) in [5.74, 6) is 0.130. The molecule has 0 radical (unpaired) electrons. The number of amides is 2. The fourth-order valence-electron chi connectivity index (χ4n) is 4.99. The van der Waals surface area contributed by atoms with Crippen molar-refractivity contribution < 1.29 is 9.59 Å². The van der Waals surface area contributed by atoms with Gasteiger partial charge in [0.15, 0.2) is 0 Å². The Morgan fingerprint density at radius 2 is 1.81 bits per heavy atom. The van der Waals surface area contributed by atoms with Gasteiger partial charge in [-0.1, -0.05) is 54.6 Å². The Labute approximate surface area is 190 Å². The number of hydrogen-bond donors (Lipinski definition) is 2. The monoisotopic (exact) mass is 434 g/mol. The molecule has 6 nitrogen and oxygen atoms in total. The van der Waals surface area contributed by atoms with Crippen LogP contribution in [0.4, 0.5) is 0 Å². The van der Waals surface area contributed by atoms with Gasteiger partial charge in [-0.25, -0.2) is 0 Å². The van der Waals surface area contributed by atoms with Crippen molar-refractivity contribution in [3.8, 4) is 0 Å². The molecule has 2 amide bonds. The zero-order valence-corrected chi connectivity index (χ0v) is 19.1. The van der Waals surface area contributed by atoms with E-state index in [1.165, 1.54) is 11.1 Å². The van der Waals surface area contributed by atoms with Crippen LogP contribution in [0.1, 0.15) is 61.4 Å². The second-order valence-electron chi connectivity index (χ2n) is 9.02. The van der Waals surface area contributed by atoms with Crippen LogP contribution in [-0.4, -0.2) is 47.8 Å². The van der Waals surface area contributed by atoms with E-state index in [1.807, 2.05) is 35.0 Å². The first-order valence-corrected chi connectivity index (χ1v) is 11.7. The Hall–Kier alpha value is -2.70. The average Bonchev–Trinajstić information content (AvgIpc) is 3.28. The summed E-state index contributed by atoms with van der Waals surface area (Å²) in [6.45, 7) is 3.00. The lowest BCUT2D eigenvalue weighted by atomic mass is 9.90. The maximum atomic E-state index is 13.0. The summed E-state index contributed by atoms with van der Waals surface area (Å²) in [5.41, 5.74) is 10.5. The third-order valence-electron chi connectivity index (χ3n) is 6.84. The van der Waals surface area contributed by atoms with E-state index in [-0.39, 0.29) is 17.9 Å². The Morgan fingerprint density at radius 1 is 1.06 bits per heavy atom. The Morgan fingerprint density at radius 3 is 2.59 bits per heavy atom. The highest BCUT2D eigenvalue weighted by atomic mass is 16.2. The maximum absolute atomic E-state index is 13.0. The zero-order valence-electron chi connectivity index (χ0n) is 19.1. The average molecular weight is 435 g/mol. The van der Waals surface area contributed by atoms with Crippen molar-refractivity contribution in [1.29, 1.82) is 0 Å². The number of benzene rings is 2. The van der Waals surface area contributed by atoms with Crippen molar-refractivity contribution in [2.45, 2.75) is 57.2 Å². The van der Waals surface area contributed by atoms with Crippen LogP contribution in [0.2, 0.25) is 0 Å². The second-order valence-corrected chi connectivity index (χ2v) is 9.02. The van der Waals surface area contributed by atoms with Gasteiger partial charge in [0.25, 0.3) is 0 Å². The van der Waals surface area contributed by atoms with Crippen LogP contribution in [0.15, 0.2) is 54.6 Å². The molecule has 4 rings (SSSR count). The van der Waals surface area contributed by atoms with Crippen LogP contribution in [0.3, 0.4) is 0 Å². The highest BCUT2D eigenvalue weighted by Gasteiger charge is 2.31. The van der Waals surface area contributed by atoms with Crippen molar-refractivity contribution in [2.24, 2.45) is 0 Å². The predicted octanol–water partition coefficient (Wildman–Crippen LogP) is 3.37. The maximum Gasteiger partial charge on any atom is 0.224 e. The van der Waals surface area contributed by atoms with Gasteiger partial charge in [-0.15, -0.1) is 0 Å². The van der Waals surface area contributed by atoms with E-state index in [9.17, 15) is 9.59 Å². The quantitative estimate of drug-likeness (QED) is 0.701. The fraction of sp³-hybridized carbons (Fsp3) is 0.462. The molecule has 0 bridgehead atoms. The normalized spacial score (nSPS) is 22.4. The molecule has 2 N–H and O–H groups in total. The molecular formula is C26H34N4O2. The summed E-state index contributed by atoms with van der Waals surface area (Å²) < 4.78 is 0. The summed E-state index contributed by atoms with van der Waals surface area (Å²) >= 11 is 0. The summed E-state index contributed by atoms with van der Waals surface area (Å²) in [6.07, 6.45) is 4.20. The van der Waals surface area contributed by atoms with E-state index in [2.05, 4.69) is 47.2 Å². The molecule has 0 spiro atoms. The number of carbonyl (C=O) groups is 2. The molecule has 0 aromatic heterocycles. The molecule has 1 saturated heterocycles. The number of carbonyl (C=O) groups excluding carboxylic acids is 2. The fourth-order valence-corrected chi connectivity index (χ4v) is 4.99. The predicted molar refractivity (Wildman–Crippen MR) is 126 cm³/mol. The Balaban J connectivity index is 1.27. The van der Waals surface area contributed by atoms with Gasteiger partial charge in [0, 0.05) is 39.1 Å². The molecular weight excluding hydrogens is 400 g/mol. The molecule has 0 saturated carbocycles. The minimum Gasteiger partial charge on any atom is -0.346 e. The van der Waals surface area contributed by atoms with Crippen LogP contribution in [0, 0.1) is 0 Å². The lowest BCUT2D eigenvalue weighted by Gasteiger charge is -2.37. The number of fused-ring (bicyclic) bond motifs is 1. The third kappa shape index (κ3) is 5.19. The smallest absolute Gasteiger partial charge is 0.224 e. The Bertz CT molecular complexity index is 932. The van der Waals surface area contributed by atoms with E-state index in [0.29, 0.717) is 25.0 Å². The second kappa shape index (κ2) is 10.3. The van der Waals surface area contributed by atoms with Gasteiger partial charge in [0.05, 0.1) is 12.5 Å². The molecule has 6 heteroatoms. The molecule has 170 valence electrons. The molecule has 32 heavy (non-hydrogen) atoms. The minimum absolute atomic E-state index is 0.0349. The first-order valence-electron chi connectivity index (χ1n) is 11.7. The van der Waals surface area contributed by atoms with Gasteiger partial charge in [-0.05, 0) is 42.4 Å². The third-order valence-corrected chi connectivity index (χ3v) is 6.84. The van der Waals surface area contributed by atoms with Crippen molar-refractivity contribution in [3.63, 3.8) is 0 Å². The van der Waals surface area contributed by atoms with Crippen LogP contribution in [0.5, 0.6) is 0 Å². The lowest BCUT2D eigenvalue weighted by Crippen LogP contribution is -2.41. The zero-order chi connectivity index (χ0) is 22.5. The summed E-state index contributed by atoms with van der Waals surface area (Å²) in [7, 11) is 1.88. The van der Waals surface area contributed by atoms with E-state index in [0.717, 1.165) is 37.8 Å². The van der Waals surface area contributed by atoms with Crippen molar-refractivity contribution in [3.05, 3.63) is 71.3 Å². The Kier molecular flexibility index (Phi) is 7.22. The van der Waals surface area contributed by atoms with Crippen molar-refractivity contribution in [2.75, 3.05) is 20.1 Å². The van der Waals surface area contributed by atoms with Crippen molar-refractivity contribution >= 4 is 11.8 Å². The summed E-state index contributed by atoms with van der Waals surface area (Å²) in [4.78, 5) is 28.9. The lowest BCUT2D eigenvalue weighted by molar-refractivity contribution is -0.136. The SMILES string of the molecule is CC(=O)N1CCc2ccccc2C1CC(=O)N(C)CCCC1CC(c2ccccc2)NN1. The number of nitrogens with zero attached hydrogens (tertiary/aromatic N) is 2. The largest absolute Gasteiger partial charge is 0.346 e. The number of rotatable bonds is 7. The van der Waals surface area contributed by atoms with Gasteiger partial charge in [-0.2, -0.15) is 0 Å². The molecule has 2 aliphatic heterocycles. The molecule has 2 aliphatic rings. The standard InChI is InChI=1S/C26H34N4O2/c1-19(31)30-16-14-20-9-6-7-13-23(20)25(30)18-26(32)29(2)15-8-12-22-17-24(28-27-22)21-10-4-3-5-11-21/h3-7,9-11,13,22,24-25,27-28H,8,12,14-18H2,1-2H3. The topological polar surface area (TPSA) is 64.7 Å². The van der Waals surface area contributed by atoms with Crippen LogP contribution in [-0.2, 0) is 16.0 Å². The molecule has 0 aliphatic carbocycles. The first-order chi connectivity index (χ1) is 15.5. The van der Waals surface area contributed by atoms with Gasteiger partial charge < -0.3 is 9.80 Å². The summed E-state index contributed by atoms with van der Waals surface area (Å²) in [6, 6.07) is 19.3. The van der Waals surface area contributed by atoms with E-state index in [1.54, 1.807) is 6.92 Å². The molecule has 2 aromatic carbocycles. The van der Waals surface area contributed by atoms with Gasteiger partial charge >= 0.3 is 0 Å². The molecule has 3 atom stereocenters. The summed E-state index contributed by atoms with van der Waals surface area (Å²) in [5, 5.41) is 0. The van der Waals surface area contributed by atoms with Gasteiger partial charge in [-0.3, -0.25) is 20.4 Å². The molecule has 2 heterocycles. The number of hydrazine groups is 1.